The first-order chi connectivity index (χ1) is 21.6. The third-order valence-electron chi connectivity index (χ3n) is 16.3. The molecule has 2 bridgehead atoms. The molecular formula is C37H62N2O6S. The monoisotopic (exact) mass is 662 g/mol. The number of Topliss-reactive ketones (excluding diaryl/α,β-unsaturated/α-hetero) is 1. The number of aliphatic hydroxyl groups excluding tert-OH is 2. The van der Waals surface area contributed by atoms with E-state index in [9.17, 15) is 28.2 Å². The van der Waals surface area contributed by atoms with Crippen LogP contribution in [0.5, 0.6) is 0 Å². The number of ketones is 1. The normalized spacial score (nSPS) is 48.8. The van der Waals surface area contributed by atoms with Crippen molar-refractivity contribution >= 4 is 21.8 Å². The van der Waals surface area contributed by atoms with Crippen LogP contribution >= 0.6 is 0 Å². The second-order valence-corrected chi connectivity index (χ2v) is 19.4. The van der Waals surface area contributed by atoms with Gasteiger partial charge in [0.25, 0.3) is 0 Å². The first kappa shape index (κ1) is 34.7. The van der Waals surface area contributed by atoms with Gasteiger partial charge in [-0.15, -0.1) is 0 Å². The van der Waals surface area contributed by atoms with Crippen molar-refractivity contribution in [1.29, 1.82) is 0 Å². The molecule has 6 fully saturated rings. The second kappa shape index (κ2) is 12.0. The minimum atomic E-state index is -3.97. The van der Waals surface area contributed by atoms with Crippen LogP contribution in [-0.2, 0) is 14.8 Å². The number of sulfonamides is 1. The zero-order valence-corrected chi connectivity index (χ0v) is 30.1. The Morgan fingerprint density at radius 2 is 1.65 bits per heavy atom. The maximum absolute atomic E-state index is 13.2. The minimum Gasteiger partial charge on any atom is -0.393 e. The summed E-state index contributed by atoms with van der Waals surface area (Å²) in [5.74, 6) is 2.76. The van der Waals surface area contributed by atoms with E-state index in [1.54, 1.807) is 0 Å². The number of rotatable bonds is 9. The molecule has 0 spiro atoms. The number of urea groups is 1. The molecule has 14 atom stereocenters. The van der Waals surface area contributed by atoms with Gasteiger partial charge in [-0.2, -0.15) is 0 Å². The predicted octanol–water partition coefficient (Wildman–Crippen LogP) is 6.05. The van der Waals surface area contributed by atoms with Crippen LogP contribution < -0.4 is 10.0 Å². The summed E-state index contributed by atoms with van der Waals surface area (Å²) in [6, 6.07) is -0.700. The van der Waals surface area contributed by atoms with Crippen molar-refractivity contribution in [3.63, 3.8) is 0 Å². The number of amides is 2. The lowest BCUT2D eigenvalue weighted by Gasteiger charge is -2.64. The molecule has 4 N–H and O–H groups in total. The van der Waals surface area contributed by atoms with Gasteiger partial charge in [0, 0.05) is 13.0 Å². The molecule has 262 valence electrons. The molecule has 0 aromatic rings. The van der Waals surface area contributed by atoms with E-state index < -0.39 is 21.5 Å². The Hall–Kier alpha value is -1.19. The molecule has 6 saturated carbocycles. The molecule has 0 aromatic carbocycles. The summed E-state index contributed by atoms with van der Waals surface area (Å²) in [7, 11) is -3.97. The molecule has 0 heterocycles. The molecule has 6 aliphatic rings. The predicted molar refractivity (Wildman–Crippen MR) is 179 cm³/mol. The van der Waals surface area contributed by atoms with Gasteiger partial charge >= 0.3 is 6.03 Å². The molecule has 6 rings (SSSR count). The van der Waals surface area contributed by atoms with Crippen molar-refractivity contribution in [3.05, 3.63) is 0 Å². The molecule has 0 radical (unpaired) electrons. The number of nitrogens with one attached hydrogen (secondary N) is 2. The van der Waals surface area contributed by atoms with Crippen molar-refractivity contribution < 1.29 is 28.2 Å². The van der Waals surface area contributed by atoms with Gasteiger partial charge in [0.05, 0.1) is 23.4 Å². The molecule has 2 unspecified atom stereocenters. The summed E-state index contributed by atoms with van der Waals surface area (Å²) in [4.78, 5) is 25.8. The van der Waals surface area contributed by atoms with Crippen LogP contribution in [0.2, 0.25) is 0 Å². The SMILES string of the molecule is CC[C@H]1[C@@H](O)[C@@H]2[C@H](CC[C@]3(C)[C@@H]([C@H](C)CCNC(=O)NS(=O)(=O)C[C@]45CCC(CC4=O)C5(C)CC)CC[C@@H]23)[C@@]2(C)CC[C@@H](O)C[C@@H]12. The van der Waals surface area contributed by atoms with Crippen molar-refractivity contribution in [2.24, 2.45) is 69.0 Å². The molecular weight excluding hydrogens is 600 g/mol. The number of hydrogen-bond acceptors (Lipinski definition) is 6. The second-order valence-electron chi connectivity index (χ2n) is 17.7. The summed E-state index contributed by atoms with van der Waals surface area (Å²) in [6.07, 6.45) is 11.2. The van der Waals surface area contributed by atoms with Gasteiger partial charge in [0.2, 0.25) is 10.0 Å². The number of carbonyl (C=O) groups excluding carboxylic acids is 2. The Labute approximate surface area is 278 Å². The molecule has 0 saturated heterocycles. The Morgan fingerprint density at radius 1 is 0.957 bits per heavy atom. The van der Waals surface area contributed by atoms with Gasteiger partial charge in [-0.3, -0.25) is 4.79 Å². The quantitative estimate of drug-likeness (QED) is 0.238. The first-order valence-electron chi connectivity index (χ1n) is 18.7. The van der Waals surface area contributed by atoms with E-state index >= 15 is 0 Å². The zero-order valence-electron chi connectivity index (χ0n) is 29.3. The standard InChI is InChI=1S/C37H62N2O6S/c1-7-25-29-20-24(40)12-15-35(29,5)28-13-16-34(4)26(9-10-27(34)31(28)32(25)42)22(3)14-18-38-33(43)39-46(44,45)21-37-17-11-23(19-30(37)41)36(37,6)8-2/h22-29,31-32,40,42H,7-21H2,1-6H3,(H2,38,39,43)/t22-,23?,24-,25-,26-,27+,28+,29+,31+,32-,34-,35-,36?,37-/m1/s1. The fraction of sp³-hybridized carbons (Fsp3) is 0.946. The van der Waals surface area contributed by atoms with Gasteiger partial charge in [-0.25, -0.2) is 17.9 Å². The highest BCUT2D eigenvalue weighted by atomic mass is 32.2. The Kier molecular flexibility index (Phi) is 9.04. The van der Waals surface area contributed by atoms with Crippen LogP contribution in [0.1, 0.15) is 125 Å². The van der Waals surface area contributed by atoms with Crippen molar-refractivity contribution in [2.45, 2.75) is 137 Å². The van der Waals surface area contributed by atoms with E-state index in [2.05, 4.69) is 44.7 Å². The Morgan fingerprint density at radius 3 is 2.33 bits per heavy atom. The van der Waals surface area contributed by atoms with E-state index in [0.717, 1.165) is 70.6 Å². The highest BCUT2D eigenvalue weighted by Gasteiger charge is 2.67. The smallest absolute Gasteiger partial charge is 0.328 e. The van der Waals surface area contributed by atoms with Crippen LogP contribution in [0, 0.1) is 69.0 Å². The fourth-order valence-electron chi connectivity index (χ4n) is 13.6. The van der Waals surface area contributed by atoms with Crippen LogP contribution in [0.15, 0.2) is 0 Å². The lowest BCUT2D eigenvalue weighted by molar-refractivity contribution is -0.203. The van der Waals surface area contributed by atoms with Crippen LogP contribution in [-0.4, -0.2) is 55.0 Å². The van der Waals surface area contributed by atoms with Crippen LogP contribution in [0.4, 0.5) is 4.79 Å². The molecule has 0 aromatic heterocycles. The number of aliphatic hydroxyl groups is 2. The van der Waals surface area contributed by atoms with Gasteiger partial charge in [-0.05, 0) is 134 Å². The highest BCUT2D eigenvalue weighted by molar-refractivity contribution is 7.90. The van der Waals surface area contributed by atoms with Gasteiger partial charge in [0.15, 0.2) is 0 Å². The first-order valence-corrected chi connectivity index (χ1v) is 20.4. The lowest BCUT2D eigenvalue weighted by atomic mass is 9.41. The summed E-state index contributed by atoms with van der Waals surface area (Å²) < 4.78 is 28.6. The summed E-state index contributed by atoms with van der Waals surface area (Å²) in [5.41, 5.74) is -0.893. The molecule has 46 heavy (non-hydrogen) atoms. The van der Waals surface area contributed by atoms with E-state index in [0.29, 0.717) is 54.9 Å². The van der Waals surface area contributed by atoms with Crippen molar-refractivity contribution in [1.82, 2.24) is 10.0 Å². The minimum absolute atomic E-state index is 0.0440. The Balaban J connectivity index is 1.06. The molecule has 2 amide bonds. The molecule has 8 nitrogen and oxygen atoms in total. The maximum Gasteiger partial charge on any atom is 0.328 e. The van der Waals surface area contributed by atoms with Gasteiger partial charge < -0.3 is 15.5 Å². The summed E-state index contributed by atoms with van der Waals surface area (Å²) >= 11 is 0. The highest BCUT2D eigenvalue weighted by Crippen LogP contribution is 2.70. The van der Waals surface area contributed by atoms with E-state index in [4.69, 9.17) is 0 Å². The topological polar surface area (TPSA) is 133 Å². The Bertz CT molecular complexity index is 1310. The van der Waals surface area contributed by atoms with Crippen LogP contribution in [0.3, 0.4) is 0 Å². The summed E-state index contributed by atoms with van der Waals surface area (Å²) in [5, 5.41) is 25.4. The van der Waals surface area contributed by atoms with Gasteiger partial charge in [0.1, 0.15) is 5.78 Å². The van der Waals surface area contributed by atoms with E-state index in [1.165, 1.54) is 0 Å². The molecule has 9 heteroatoms. The lowest BCUT2D eigenvalue weighted by Crippen LogP contribution is -2.62. The van der Waals surface area contributed by atoms with E-state index in [1.807, 2.05) is 6.92 Å². The third kappa shape index (κ3) is 5.13. The zero-order chi connectivity index (χ0) is 33.4. The molecule has 0 aliphatic heterocycles. The number of fused-ring (bicyclic) bond motifs is 7. The average molecular weight is 663 g/mol. The summed E-state index contributed by atoms with van der Waals surface area (Å²) in [6.45, 7) is 13.9. The van der Waals surface area contributed by atoms with Crippen molar-refractivity contribution in [3.8, 4) is 0 Å². The largest absolute Gasteiger partial charge is 0.393 e. The third-order valence-corrected chi connectivity index (χ3v) is 17.7. The maximum atomic E-state index is 13.2. The number of hydrogen-bond donors (Lipinski definition) is 4. The molecule has 6 aliphatic carbocycles. The van der Waals surface area contributed by atoms with Gasteiger partial charge in [-0.1, -0.05) is 48.0 Å². The van der Waals surface area contributed by atoms with Crippen molar-refractivity contribution in [2.75, 3.05) is 12.3 Å². The average Bonchev–Trinajstić information content (AvgIpc) is 3.54. The van der Waals surface area contributed by atoms with Crippen LogP contribution in [0.25, 0.3) is 0 Å². The fourth-order valence-corrected chi connectivity index (χ4v) is 15.4. The van der Waals surface area contributed by atoms with E-state index in [-0.39, 0.29) is 51.8 Å². The number of carbonyl (C=O) groups is 2.